The Balaban J connectivity index is 0.000000190. The second-order valence-electron chi connectivity index (χ2n) is 18.2. The van der Waals surface area contributed by atoms with Gasteiger partial charge in [-0.25, -0.2) is 0 Å². The highest BCUT2D eigenvalue weighted by molar-refractivity contribution is 7.17. The van der Waals surface area contributed by atoms with Crippen molar-refractivity contribution < 1.29 is 98.9 Å². The molecule has 0 unspecified atom stereocenters. The normalized spacial score (nSPS) is 11.5. The van der Waals surface area contributed by atoms with Crippen LogP contribution in [-0.2, 0) is 46.4 Å². The molecular weight excluding hydrogens is 1250 g/mol. The maximum absolute atomic E-state index is 13.2. The molecule has 0 fully saturated rings. The fraction of sp³-hybridized carbons (Fsp3) is 0.143. The number of alkyl halides is 9. The van der Waals surface area contributed by atoms with Crippen molar-refractivity contribution in [1.82, 2.24) is 25.7 Å². The minimum atomic E-state index is -5.09. The molecule has 4 aromatic heterocycles. The lowest BCUT2D eigenvalue weighted by molar-refractivity contribution is -0.143. The first kappa shape index (κ1) is 65.3. The number of halogens is 9. The quantitative estimate of drug-likeness (QED) is 0.0486. The van der Waals surface area contributed by atoms with Gasteiger partial charge in [-0.2, -0.15) is 44.6 Å². The van der Waals surface area contributed by atoms with Gasteiger partial charge in [0.15, 0.2) is 5.69 Å². The zero-order chi connectivity index (χ0) is 64.9. The molecule has 3 amide bonds. The SMILES string of the molecule is Cn1nc(C(F)(F)F)cc1-c1cccc2c(O)c(C(=O)NCC(=O)O)c(=O)sc12.O=C(O)CNC(=O)c1c(O)c2cccc(-c3cc(C(F)(F)F)cc(C(F)(F)F)c3)c2sc1=O.O=C(O)CNC(=O)c1c(O)c2cccc(Cc3ccccc3)c2sc1=O. The van der Waals surface area contributed by atoms with E-state index in [1.165, 1.54) is 37.4 Å². The van der Waals surface area contributed by atoms with Crippen LogP contribution in [0.15, 0.2) is 124 Å². The Kier molecular flexibility index (Phi) is 19.4. The number of fused-ring (bicyclic) bond motifs is 3. The number of benzene rings is 5. The summed E-state index contributed by atoms with van der Waals surface area (Å²) in [4.78, 5) is 105. The first-order valence-corrected chi connectivity index (χ1v) is 26.9. The molecule has 9 rings (SSSR count). The number of carbonyl (C=O) groups is 6. The number of carboxylic acid groups (broad SMARTS) is 3. The molecule has 0 aliphatic rings. The van der Waals surface area contributed by atoms with Crippen LogP contribution in [0.5, 0.6) is 17.2 Å². The van der Waals surface area contributed by atoms with E-state index in [9.17, 15) is 98.0 Å². The Morgan fingerprint density at radius 3 is 1.27 bits per heavy atom. The van der Waals surface area contributed by atoms with Crippen LogP contribution in [0.3, 0.4) is 0 Å². The average molecular weight is 1290 g/mol. The van der Waals surface area contributed by atoms with Gasteiger partial charge in [0.2, 0.25) is 14.2 Å². The van der Waals surface area contributed by atoms with Gasteiger partial charge in [-0.05, 0) is 71.1 Å². The summed E-state index contributed by atoms with van der Waals surface area (Å²) in [6, 6.07) is 24.5. The molecule has 0 spiro atoms. The van der Waals surface area contributed by atoms with Gasteiger partial charge in [-0.1, -0.05) is 101 Å². The Labute approximate surface area is 496 Å². The van der Waals surface area contributed by atoms with Crippen LogP contribution >= 0.6 is 34.0 Å². The highest BCUT2D eigenvalue weighted by atomic mass is 32.1. The van der Waals surface area contributed by atoms with E-state index in [-0.39, 0.29) is 43.1 Å². The Morgan fingerprint density at radius 1 is 0.489 bits per heavy atom. The lowest BCUT2D eigenvalue weighted by Crippen LogP contribution is -2.32. The van der Waals surface area contributed by atoms with E-state index in [4.69, 9.17) is 15.3 Å². The third kappa shape index (κ3) is 14.9. The van der Waals surface area contributed by atoms with Crippen molar-refractivity contribution >= 4 is 99.9 Å². The Hall–Kier alpha value is -10.2. The monoisotopic (exact) mass is 1290 g/mol. The highest BCUT2D eigenvalue weighted by Gasteiger charge is 2.38. The number of hydrogen-bond acceptors (Lipinski definition) is 16. The average Bonchev–Trinajstić information content (AvgIpc) is 1.09. The fourth-order valence-electron chi connectivity index (χ4n) is 8.37. The van der Waals surface area contributed by atoms with Crippen LogP contribution in [0.25, 0.3) is 52.6 Å². The number of rotatable bonds is 13. The summed E-state index contributed by atoms with van der Waals surface area (Å²) in [7, 11) is 1.31. The van der Waals surface area contributed by atoms with Crippen molar-refractivity contribution in [3.63, 3.8) is 0 Å². The standard InChI is InChI=1S/C20H11F6NO5S.C19H15NO5S.C17H12F3N3O5S/c21-19(22,23)9-4-8(5-10(6-9)20(24,25)26)11-2-1-3-12-15(30)14(18(32)33-16(11)12)17(31)27-7-13(28)29;21-14(22)10-20-18(24)15-16(23)13-8-4-7-12(17(13)26-19(15)25)9-11-5-2-1-3-6-11;1-23-9(5-10(22-23)17(18,19)20)7-3-2-4-8-13(26)12(16(28)29-14(7)8)15(27)21-6-11(24)25/h1-6,30H,7H2,(H,27,31)(H,28,29);1-8,23H,9-10H2,(H,20,24)(H,21,22);2-5,26H,6H2,1H3,(H,21,27)(H,24,25). The summed E-state index contributed by atoms with van der Waals surface area (Å²) < 4.78 is 117. The maximum Gasteiger partial charge on any atom is 0.435 e. The number of carboxylic acids is 3. The van der Waals surface area contributed by atoms with Crippen LogP contribution in [0.4, 0.5) is 39.5 Å². The number of hydrogen-bond donors (Lipinski definition) is 9. The number of amides is 3. The number of aliphatic carboxylic acids is 3. The molecule has 458 valence electrons. The van der Waals surface area contributed by atoms with Crippen molar-refractivity contribution in [1.29, 1.82) is 0 Å². The van der Waals surface area contributed by atoms with Gasteiger partial charge >= 0.3 is 36.4 Å². The summed E-state index contributed by atoms with van der Waals surface area (Å²) in [5, 5.41) is 66.9. The van der Waals surface area contributed by atoms with E-state index in [1.54, 1.807) is 12.1 Å². The molecule has 0 aliphatic carbocycles. The fourth-order valence-corrected chi connectivity index (χ4v) is 11.5. The van der Waals surface area contributed by atoms with E-state index in [0.717, 1.165) is 39.3 Å². The van der Waals surface area contributed by atoms with E-state index in [2.05, 4.69) is 10.4 Å². The molecule has 20 nitrogen and oxygen atoms in total. The second kappa shape index (κ2) is 26.2. The molecule has 0 bridgehead atoms. The summed E-state index contributed by atoms with van der Waals surface area (Å²) in [5.41, 5.74) is -4.65. The van der Waals surface area contributed by atoms with Crippen LogP contribution in [0.1, 0.15) is 59.0 Å². The second-order valence-corrected chi connectivity index (χ2v) is 21.2. The maximum atomic E-state index is 13.2. The van der Waals surface area contributed by atoms with Gasteiger partial charge in [0.1, 0.15) is 53.6 Å². The Morgan fingerprint density at radius 2 is 0.875 bits per heavy atom. The molecule has 0 atom stereocenters. The van der Waals surface area contributed by atoms with Gasteiger partial charge in [0.25, 0.3) is 17.7 Å². The van der Waals surface area contributed by atoms with Crippen molar-refractivity contribution in [2.45, 2.75) is 24.9 Å². The molecule has 0 aliphatic heterocycles. The van der Waals surface area contributed by atoms with Gasteiger partial charge < -0.3 is 46.6 Å². The summed E-state index contributed by atoms with van der Waals surface area (Å²) in [5.74, 6) is -9.18. The zero-order valence-electron chi connectivity index (χ0n) is 44.1. The molecule has 5 aromatic carbocycles. The first-order valence-electron chi connectivity index (χ1n) is 24.5. The topological polar surface area (TPSA) is 329 Å². The van der Waals surface area contributed by atoms with Gasteiger partial charge in [-0.15, -0.1) is 0 Å². The van der Waals surface area contributed by atoms with E-state index in [0.29, 0.717) is 51.3 Å². The number of carbonyl (C=O) groups excluding carboxylic acids is 3. The molecule has 88 heavy (non-hydrogen) atoms. The largest absolute Gasteiger partial charge is 0.506 e. The third-order valence-corrected chi connectivity index (χ3v) is 15.4. The van der Waals surface area contributed by atoms with Crippen LogP contribution in [0, 0.1) is 0 Å². The molecular formula is C56H38F9N5O15S3. The van der Waals surface area contributed by atoms with E-state index < -0.39 is 144 Å². The molecule has 0 saturated heterocycles. The van der Waals surface area contributed by atoms with Gasteiger partial charge in [0, 0.05) is 38.2 Å². The predicted molar refractivity (Wildman–Crippen MR) is 301 cm³/mol. The number of nitrogens with one attached hydrogen (secondary N) is 3. The number of aromatic nitrogens is 2. The van der Waals surface area contributed by atoms with E-state index in [1.807, 2.05) is 47.0 Å². The predicted octanol–water partition coefficient (Wildman–Crippen LogP) is 9.06. The van der Waals surface area contributed by atoms with E-state index >= 15 is 0 Å². The number of nitrogens with zero attached hydrogens (tertiary/aromatic N) is 2. The van der Waals surface area contributed by atoms with Crippen LogP contribution in [-0.4, -0.2) is 95.7 Å². The summed E-state index contributed by atoms with van der Waals surface area (Å²) in [6.07, 6.45) is -14.3. The summed E-state index contributed by atoms with van der Waals surface area (Å²) in [6.45, 7) is -2.24. The van der Waals surface area contributed by atoms with Gasteiger partial charge in [0.05, 0.1) is 21.5 Å². The van der Waals surface area contributed by atoms with Crippen LogP contribution < -0.4 is 30.2 Å². The molecule has 0 radical (unpaired) electrons. The lowest BCUT2D eigenvalue weighted by Gasteiger charge is -2.15. The minimum absolute atomic E-state index is 0.0422. The lowest BCUT2D eigenvalue weighted by atomic mass is 9.97. The molecule has 32 heteroatoms. The van der Waals surface area contributed by atoms with Crippen molar-refractivity contribution in [3.05, 3.63) is 182 Å². The Bertz CT molecular complexity index is 4440. The van der Waals surface area contributed by atoms with Crippen molar-refractivity contribution in [3.8, 4) is 39.6 Å². The molecule has 0 saturated carbocycles. The minimum Gasteiger partial charge on any atom is -0.506 e. The molecule has 9 N–H and O–H groups in total. The summed E-state index contributed by atoms with van der Waals surface area (Å²) >= 11 is 1.72. The third-order valence-electron chi connectivity index (χ3n) is 12.3. The smallest absolute Gasteiger partial charge is 0.435 e. The highest BCUT2D eigenvalue weighted by Crippen LogP contribution is 2.43. The number of aromatic hydroxyl groups is 3. The molecule has 4 heterocycles. The zero-order valence-corrected chi connectivity index (χ0v) is 46.5. The van der Waals surface area contributed by atoms with Crippen molar-refractivity contribution in [2.75, 3.05) is 19.6 Å². The van der Waals surface area contributed by atoms with Gasteiger partial charge in [-0.3, -0.25) is 47.8 Å². The number of aryl methyl sites for hydroxylation is 1. The molecule has 9 aromatic rings. The van der Waals surface area contributed by atoms with Crippen LogP contribution in [0.2, 0.25) is 0 Å². The first-order chi connectivity index (χ1) is 41.2. The van der Waals surface area contributed by atoms with Crippen molar-refractivity contribution in [2.24, 2.45) is 7.05 Å².